The zero-order valence-electron chi connectivity index (χ0n) is 15.5. The number of anilines is 1. The minimum absolute atomic E-state index is 0.0196. The molecule has 4 rings (SSSR count). The fourth-order valence-electron chi connectivity index (χ4n) is 3.55. The molecule has 1 heterocycles. The Balaban J connectivity index is 1.36. The summed E-state index contributed by atoms with van der Waals surface area (Å²) in [7, 11) is 0. The lowest BCUT2D eigenvalue weighted by Crippen LogP contribution is -2.30. The number of aromatic hydroxyl groups is 1. The Kier molecular flexibility index (Phi) is 4.77. The molecule has 1 atom stereocenters. The first-order chi connectivity index (χ1) is 13.5. The van der Waals surface area contributed by atoms with Gasteiger partial charge in [-0.05, 0) is 61.6 Å². The van der Waals surface area contributed by atoms with Crippen LogP contribution in [0.2, 0.25) is 0 Å². The number of carbonyl (C=O) groups excluding carboxylic acids is 2. The van der Waals surface area contributed by atoms with Gasteiger partial charge < -0.3 is 19.6 Å². The van der Waals surface area contributed by atoms with Crippen molar-refractivity contribution >= 4 is 28.5 Å². The van der Waals surface area contributed by atoms with Gasteiger partial charge in [0.2, 0.25) is 0 Å². The van der Waals surface area contributed by atoms with E-state index in [9.17, 15) is 14.7 Å². The first-order valence-corrected chi connectivity index (χ1v) is 9.31. The summed E-state index contributed by atoms with van der Waals surface area (Å²) in [5.74, 6) is -0.798. The molecule has 6 heteroatoms. The predicted molar refractivity (Wildman–Crippen MR) is 104 cm³/mol. The number of phenols is 1. The molecular formula is C22H21NO5. The van der Waals surface area contributed by atoms with Crippen LogP contribution in [-0.2, 0) is 33.6 Å². The molecule has 1 aromatic heterocycles. The number of phenolic OH excluding ortho intramolecular Hbond substituents is 1. The van der Waals surface area contributed by atoms with E-state index in [1.165, 1.54) is 29.5 Å². The number of amides is 1. The van der Waals surface area contributed by atoms with Gasteiger partial charge in [0, 0.05) is 22.7 Å². The summed E-state index contributed by atoms with van der Waals surface area (Å²) >= 11 is 0. The summed E-state index contributed by atoms with van der Waals surface area (Å²) in [4.78, 5) is 24.6. The van der Waals surface area contributed by atoms with Crippen LogP contribution in [0.4, 0.5) is 5.69 Å². The van der Waals surface area contributed by atoms with Gasteiger partial charge in [-0.2, -0.15) is 0 Å². The molecule has 0 unspecified atom stereocenters. The Bertz CT molecular complexity index is 1050. The topological polar surface area (TPSA) is 88.8 Å². The molecule has 1 aliphatic rings. The average molecular weight is 379 g/mol. The van der Waals surface area contributed by atoms with Gasteiger partial charge in [0.05, 0.1) is 12.7 Å². The fourth-order valence-corrected chi connectivity index (χ4v) is 3.55. The number of aryl methyl sites for hydroxylation is 2. The largest absolute Gasteiger partial charge is 0.508 e. The molecule has 0 saturated heterocycles. The first kappa shape index (κ1) is 18.1. The molecular weight excluding hydrogens is 358 g/mol. The maximum atomic E-state index is 12.4. The number of hydrogen-bond donors (Lipinski definition) is 2. The highest BCUT2D eigenvalue weighted by molar-refractivity contribution is 5.95. The van der Waals surface area contributed by atoms with Crippen molar-refractivity contribution in [1.29, 1.82) is 0 Å². The lowest BCUT2D eigenvalue weighted by Gasteiger charge is -2.14. The van der Waals surface area contributed by atoms with Crippen LogP contribution in [0.1, 0.15) is 30.0 Å². The van der Waals surface area contributed by atoms with Gasteiger partial charge in [0.1, 0.15) is 11.3 Å². The summed E-state index contributed by atoms with van der Waals surface area (Å²) < 4.78 is 10.6. The maximum absolute atomic E-state index is 12.4. The summed E-state index contributed by atoms with van der Waals surface area (Å²) in [6.07, 6.45) is 3.78. The fraction of sp³-hybridized carbons (Fsp3) is 0.273. The number of benzene rings is 2. The van der Waals surface area contributed by atoms with Gasteiger partial charge in [-0.1, -0.05) is 6.07 Å². The van der Waals surface area contributed by atoms with E-state index in [2.05, 4.69) is 5.32 Å². The minimum Gasteiger partial charge on any atom is -0.508 e. The summed E-state index contributed by atoms with van der Waals surface area (Å²) in [6.45, 7) is 1.55. The SMILES string of the molecule is C[C@H](OC(=O)Cc1coc2cc(O)ccc12)C(=O)Nc1ccc2c(c1)CCC2. The van der Waals surface area contributed by atoms with Crippen LogP contribution in [0.15, 0.2) is 47.1 Å². The van der Waals surface area contributed by atoms with Crippen molar-refractivity contribution in [2.24, 2.45) is 0 Å². The number of ether oxygens (including phenoxy) is 1. The van der Waals surface area contributed by atoms with Crippen LogP contribution in [0, 0.1) is 0 Å². The summed E-state index contributed by atoms with van der Waals surface area (Å²) in [6, 6.07) is 10.6. The van der Waals surface area contributed by atoms with E-state index >= 15 is 0 Å². The lowest BCUT2D eigenvalue weighted by atomic mass is 10.1. The van der Waals surface area contributed by atoms with Crippen LogP contribution in [-0.4, -0.2) is 23.1 Å². The Hall–Kier alpha value is -3.28. The molecule has 0 aliphatic heterocycles. The molecule has 3 aromatic rings. The Morgan fingerprint density at radius 1 is 1.18 bits per heavy atom. The molecule has 144 valence electrons. The number of carbonyl (C=O) groups is 2. The number of furan rings is 1. The van der Waals surface area contributed by atoms with E-state index in [1.54, 1.807) is 13.0 Å². The van der Waals surface area contributed by atoms with E-state index in [0.29, 0.717) is 16.8 Å². The van der Waals surface area contributed by atoms with E-state index in [1.807, 2.05) is 18.2 Å². The molecule has 2 N–H and O–H groups in total. The Morgan fingerprint density at radius 2 is 2.00 bits per heavy atom. The average Bonchev–Trinajstić information content (AvgIpc) is 3.27. The summed E-state index contributed by atoms with van der Waals surface area (Å²) in [5.41, 5.74) is 4.45. The second kappa shape index (κ2) is 7.38. The molecule has 1 aliphatic carbocycles. The van der Waals surface area contributed by atoms with Crippen molar-refractivity contribution in [1.82, 2.24) is 0 Å². The van der Waals surface area contributed by atoms with Crippen LogP contribution < -0.4 is 5.32 Å². The molecule has 0 saturated carbocycles. The third-order valence-corrected chi connectivity index (χ3v) is 5.02. The molecule has 0 fully saturated rings. The van der Waals surface area contributed by atoms with Gasteiger partial charge in [-0.3, -0.25) is 9.59 Å². The normalized spacial score (nSPS) is 13.9. The van der Waals surface area contributed by atoms with Crippen molar-refractivity contribution in [2.45, 2.75) is 38.7 Å². The Morgan fingerprint density at radius 3 is 2.86 bits per heavy atom. The van der Waals surface area contributed by atoms with Crippen LogP contribution in [0.5, 0.6) is 5.75 Å². The van der Waals surface area contributed by atoms with Gasteiger partial charge in [-0.15, -0.1) is 0 Å². The monoisotopic (exact) mass is 379 g/mol. The molecule has 0 radical (unpaired) electrons. The van der Waals surface area contributed by atoms with Gasteiger partial charge >= 0.3 is 5.97 Å². The van der Waals surface area contributed by atoms with Gasteiger partial charge in [0.15, 0.2) is 6.10 Å². The van der Waals surface area contributed by atoms with Crippen molar-refractivity contribution < 1.29 is 23.8 Å². The van der Waals surface area contributed by atoms with Crippen molar-refractivity contribution in [3.05, 3.63) is 59.4 Å². The first-order valence-electron chi connectivity index (χ1n) is 9.31. The van der Waals surface area contributed by atoms with E-state index in [0.717, 1.165) is 24.6 Å². The molecule has 0 bridgehead atoms. The van der Waals surface area contributed by atoms with Gasteiger partial charge in [0.25, 0.3) is 5.91 Å². The zero-order valence-corrected chi connectivity index (χ0v) is 15.5. The number of fused-ring (bicyclic) bond motifs is 2. The standard InChI is InChI=1S/C22H21NO5/c1-13(22(26)23-17-6-5-14-3-2-4-15(14)9-17)28-21(25)10-16-12-27-20-11-18(24)7-8-19(16)20/h5-9,11-13,24H,2-4,10H2,1H3,(H,23,26)/t13-/m0/s1. The van der Waals surface area contributed by atoms with Crippen LogP contribution in [0.3, 0.4) is 0 Å². The van der Waals surface area contributed by atoms with Crippen molar-refractivity contribution in [3.63, 3.8) is 0 Å². The van der Waals surface area contributed by atoms with E-state index in [4.69, 9.17) is 9.15 Å². The molecule has 0 spiro atoms. The quantitative estimate of drug-likeness (QED) is 0.659. The predicted octanol–water partition coefficient (Wildman–Crippen LogP) is 3.74. The van der Waals surface area contributed by atoms with Gasteiger partial charge in [-0.25, -0.2) is 0 Å². The highest BCUT2D eigenvalue weighted by Gasteiger charge is 2.20. The highest BCUT2D eigenvalue weighted by atomic mass is 16.5. The molecule has 1 amide bonds. The minimum atomic E-state index is -0.914. The number of rotatable bonds is 5. The smallest absolute Gasteiger partial charge is 0.311 e. The third-order valence-electron chi connectivity index (χ3n) is 5.02. The lowest BCUT2D eigenvalue weighted by molar-refractivity contribution is -0.152. The summed E-state index contributed by atoms with van der Waals surface area (Å²) in [5, 5.41) is 13.0. The number of nitrogens with one attached hydrogen (secondary N) is 1. The third kappa shape index (κ3) is 3.71. The van der Waals surface area contributed by atoms with Crippen molar-refractivity contribution in [3.8, 4) is 5.75 Å². The maximum Gasteiger partial charge on any atom is 0.311 e. The molecule has 28 heavy (non-hydrogen) atoms. The number of hydrogen-bond acceptors (Lipinski definition) is 5. The second-order valence-corrected chi connectivity index (χ2v) is 7.08. The molecule has 2 aromatic carbocycles. The van der Waals surface area contributed by atoms with Crippen LogP contribution >= 0.6 is 0 Å². The van der Waals surface area contributed by atoms with E-state index in [-0.39, 0.29) is 18.1 Å². The highest BCUT2D eigenvalue weighted by Crippen LogP contribution is 2.26. The second-order valence-electron chi connectivity index (χ2n) is 7.08. The molecule has 6 nitrogen and oxygen atoms in total. The van der Waals surface area contributed by atoms with E-state index < -0.39 is 12.1 Å². The Labute approximate surface area is 162 Å². The van der Waals surface area contributed by atoms with Crippen molar-refractivity contribution in [2.75, 3.05) is 5.32 Å². The zero-order chi connectivity index (χ0) is 19.7. The van der Waals surface area contributed by atoms with Crippen LogP contribution in [0.25, 0.3) is 11.0 Å². The number of esters is 1.